The standard InChI is InChI=1S/C21H22N2O3S/c1-15(24)12-23(19-6-4-3-5-7-19)13-18-14-27-20(22-18)16-8-10-17(11-9-16)21(25)26-2/h3-11,14-15,24H,12-13H2,1-2H3. The lowest BCUT2D eigenvalue weighted by molar-refractivity contribution is 0.0600. The summed E-state index contributed by atoms with van der Waals surface area (Å²) in [5.41, 5.74) is 3.47. The third-order valence-electron chi connectivity index (χ3n) is 4.06. The molecule has 1 aromatic heterocycles. The zero-order valence-corrected chi connectivity index (χ0v) is 16.1. The van der Waals surface area contributed by atoms with Crippen molar-refractivity contribution >= 4 is 23.0 Å². The van der Waals surface area contributed by atoms with Crippen molar-refractivity contribution in [2.75, 3.05) is 18.6 Å². The van der Waals surface area contributed by atoms with Crippen molar-refractivity contribution in [3.63, 3.8) is 0 Å². The first-order chi connectivity index (χ1) is 13.1. The maximum Gasteiger partial charge on any atom is 0.337 e. The van der Waals surface area contributed by atoms with Gasteiger partial charge in [0.15, 0.2) is 0 Å². The van der Waals surface area contributed by atoms with E-state index >= 15 is 0 Å². The van der Waals surface area contributed by atoms with Crippen LogP contribution >= 0.6 is 11.3 Å². The molecule has 0 saturated heterocycles. The fraction of sp³-hybridized carbons (Fsp3) is 0.238. The molecule has 1 N–H and O–H groups in total. The first-order valence-electron chi connectivity index (χ1n) is 8.68. The summed E-state index contributed by atoms with van der Waals surface area (Å²) in [6, 6.07) is 17.2. The summed E-state index contributed by atoms with van der Waals surface area (Å²) in [7, 11) is 1.37. The maximum atomic E-state index is 11.5. The molecule has 0 aliphatic rings. The molecule has 1 atom stereocenters. The van der Waals surface area contributed by atoms with Gasteiger partial charge in [0, 0.05) is 23.2 Å². The number of methoxy groups -OCH3 is 1. The smallest absolute Gasteiger partial charge is 0.337 e. The number of hydrogen-bond donors (Lipinski definition) is 1. The van der Waals surface area contributed by atoms with Crippen LogP contribution in [-0.2, 0) is 11.3 Å². The highest BCUT2D eigenvalue weighted by Crippen LogP contribution is 2.26. The number of carbonyl (C=O) groups is 1. The number of benzene rings is 2. The normalized spacial score (nSPS) is 11.8. The fourth-order valence-corrected chi connectivity index (χ4v) is 3.61. The first-order valence-corrected chi connectivity index (χ1v) is 9.56. The molecule has 3 rings (SSSR count). The number of rotatable bonds is 7. The molecule has 0 bridgehead atoms. The quantitative estimate of drug-likeness (QED) is 0.626. The number of aliphatic hydroxyl groups excluding tert-OH is 1. The number of nitrogens with zero attached hydrogens (tertiary/aromatic N) is 2. The lowest BCUT2D eigenvalue weighted by Crippen LogP contribution is -2.30. The van der Waals surface area contributed by atoms with E-state index in [2.05, 4.69) is 4.90 Å². The average Bonchev–Trinajstić information content (AvgIpc) is 3.16. The van der Waals surface area contributed by atoms with E-state index < -0.39 is 6.10 Å². The molecule has 140 valence electrons. The van der Waals surface area contributed by atoms with E-state index in [1.165, 1.54) is 7.11 Å². The van der Waals surface area contributed by atoms with Crippen LogP contribution in [0.2, 0.25) is 0 Å². The second kappa shape index (κ2) is 8.79. The lowest BCUT2D eigenvalue weighted by Gasteiger charge is -2.25. The molecular weight excluding hydrogens is 360 g/mol. The maximum absolute atomic E-state index is 11.5. The molecule has 0 amide bonds. The van der Waals surface area contributed by atoms with Crippen LogP contribution in [0.1, 0.15) is 23.0 Å². The van der Waals surface area contributed by atoms with E-state index in [4.69, 9.17) is 9.72 Å². The second-order valence-electron chi connectivity index (χ2n) is 6.28. The molecule has 0 aliphatic carbocycles. The number of hydrogen-bond acceptors (Lipinski definition) is 6. The molecular formula is C21H22N2O3S. The highest BCUT2D eigenvalue weighted by Gasteiger charge is 2.13. The summed E-state index contributed by atoms with van der Waals surface area (Å²) in [6.07, 6.45) is -0.436. The molecule has 0 aliphatic heterocycles. The highest BCUT2D eigenvalue weighted by molar-refractivity contribution is 7.13. The number of aromatic nitrogens is 1. The first kappa shape index (κ1) is 19.1. The molecule has 3 aromatic rings. The Morgan fingerprint density at radius 1 is 1.19 bits per heavy atom. The summed E-state index contributed by atoms with van der Waals surface area (Å²) in [6.45, 7) is 2.93. The molecule has 27 heavy (non-hydrogen) atoms. The van der Waals surface area contributed by atoms with Gasteiger partial charge in [-0.1, -0.05) is 30.3 Å². The largest absolute Gasteiger partial charge is 0.465 e. The van der Waals surface area contributed by atoms with Crippen LogP contribution in [0.3, 0.4) is 0 Å². The minimum absolute atomic E-state index is 0.349. The molecule has 2 aromatic carbocycles. The molecule has 6 heteroatoms. The van der Waals surface area contributed by atoms with Crippen LogP contribution < -0.4 is 4.90 Å². The Hall–Kier alpha value is -2.70. The second-order valence-corrected chi connectivity index (χ2v) is 7.14. The van der Waals surface area contributed by atoms with E-state index in [1.807, 2.05) is 47.8 Å². The minimum Gasteiger partial charge on any atom is -0.465 e. The highest BCUT2D eigenvalue weighted by atomic mass is 32.1. The molecule has 5 nitrogen and oxygen atoms in total. The molecule has 1 unspecified atom stereocenters. The molecule has 0 radical (unpaired) electrons. The van der Waals surface area contributed by atoms with Gasteiger partial charge in [0.25, 0.3) is 0 Å². The summed E-state index contributed by atoms with van der Waals surface area (Å²) in [5.74, 6) is -0.349. The van der Waals surface area contributed by atoms with Gasteiger partial charge >= 0.3 is 5.97 Å². The minimum atomic E-state index is -0.436. The number of esters is 1. The van der Waals surface area contributed by atoms with Crippen LogP contribution in [-0.4, -0.2) is 35.8 Å². The van der Waals surface area contributed by atoms with Gasteiger partial charge in [0.1, 0.15) is 5.01 Å². The Kier molecular flexibility index (Phi) is 6.21. The van der Waals surface area contributed by atoms with Crippen molar-refractivity contribution in [3.05, 3.63) is 71.2 Å². The summed E-state index contributed by atoms with van der Waals surface area (Å²) in [5, 5.41) is 12.8. The predicted octanol–water partition coefficient (Wildman–Crippen LogP) is 3.98. The van der Waals surface area contributed by atoms with Gasteiger partial charge in [0.2, 0.25) is 0 Å². The van der Waals surface area contributed by atoms with Gasteiger partial charge in [-0.15, -0.1) is 11.3 Å². The summed E-state index contributed by atoms with van der Waals surface area (Å²) >= 11 is 1.56. The van der Waals surface area contributed by atoms with Crippen LogP contribution in [0, 0.1) is 0 Å². The van der Waals surface area contributed by atoms with Crippen molar-refractivity contribution in [2.24, 2.45) is 0 Å². The predicted molar refractivity (Wildman–Crippen MR) is 108 cm³/mol. The summed E-state index contributed by atoms with van der Waals surface area (Å²) in [4.78, 5) is 18.4. The molecule has 0 saturated carbocycles. The number of ether oxygens (including phenoxy) is 1. The van der Waals surface area contributed by atoms with Crippen molar-refractivity contribution in [2.45, 2.75) is 19.6 Å². The van der Waals surface area contributed by atoms with Gasteiger partial charge in [-0.25, -0.2) is 9.78 Å². The lowest BCUT2D eigenvalue weighted by atomic mass is 10.1. The monoisotopic (exact) mass is 382 g/mol. The SMILES string of the molecule is COC(=O)c1ccc(-c2nc(CN(CC(C)O)c3ccccc3)cs2)cc1. The number of para-hydroxylation sites is 1. The van der Waals surface area contributed by atoms with Crippen molar-refractivity contribution in [1.82, 2.24) is 4.98 Å². The Bertz CT molecular complexity index is 876. The Balaban J connectivity index is 1.77. The van der Waals surface area contributed by atoms with Crippen LogP contribution in [0.15, 0.2) is 60.0 Å². The number of anilines is 1. The van der Waals surface area contributed by atoms with E-state index in [0.717, 1.165) is 22.0 Å². The van der Waals surface area contributed by atoms with E-state index in [0.29, 0.717) is 18.7 Å². The Morgan fingerprint density at radius 2 is 1.89 bits per heavy atom. The fourth-order valence-electron chi connectivity index (χ4n) is 2.79. The zero-order chi connectivity index (χ0) is 19.2. The number of thiazole rings is 1. The Labute approximate surface area is 162 Å². The van der Waals surface area contributed by atoms with Gasteiger partial charge in [-0.2, -0.15) is 0 Å². The third kappa shape index (κ3) is 4.93. The Morgan fingerprint density at radius 3 is 2.52 bits per heavy atom. The zero-order valence-electron chi connectivity index (χ0n) is 15.3. The topological polar surface area (TPSA) is 62.7 Å². The summed E-state index contributed by atoms with van der Waals surface area (Å²) < 4.78 is 4.73. The van der Waals surface area contributed by atoms with Gasteiger partial charge in [-0.05, 0) is 31.2 Å². The molecule has 1 heterocycles. The van der Waals surface area contributed by atoms with Crippen LogP contribution in [0.4, 0.5) is 5.69 Å². The van der Waals surface area contributed by atoms with Crippen molar-refractivity contribution in [1.29, 1.82) is 0 Å². The van der Waals surface area contributed by atoms with Gasteiger partial charge in [-0.3, -0.25) is 0 Å². The number of carbonyl (C=O) groups excluding carboxylic acids is 1. The van der Waals surface area contributed by atoms with Crippen LogP contribution in [0.5, 0.6) is 0 Å². The van der Waals surface area contributed by atoms with Crippen LogP contribution in [0.25, 0.3) is 10.6 Å². The van der Waals surface area contributed by atoms with Gasteiger partial charge in [0.05, 0.1) is 31.0 Å². The van der Waals surface area contributed by atoms with E-state index in [9.17, 15) is 9.90 Å². The van der Waals surface area contributed by atoms with Crippen molar-refractivity contribution in [3.8, 4) is 10.6 Å². The van der Waals surface area contributed by atoms with E-state index in [-0.39, 0.29) is 5.97 Å². The average molecular weight is 382 g/mol. The number of aliphatic hydroxyl groups is 1. The van der Waals surface area contributed by atoms with Gasteiger partial charge < -0.3 is 14.7 Å². The molecule has 0 fully saturated rings. The third-order valence-corrected chi connectivity index (χ3v) is 5.00. The van der Waals surface area contributed by atoms with E-state index in [1.54, 1.807) is 30.4 Å². The molecule has 0 spiro atoms. The van der Waals surface area contributed by atoms with Crippen molar-refractivity contribution < 1.29 is 14.6 Å².